The van der Waals surface area contributed by atoms with Gasteiger partial charge >= 0.3 is 6.03 Å². The fourth-order valence-corrected chi connectivity index (χ4v) is 6.04. The number of carbonyl (C=O) groups is 4. The molecule has 3 N–H and O–H groups in total. The van der Waals surface area contributed by atoms with Crippen molar-refractivity contribution in [3.8, 4) is 0 Å². The summed E-state index contributed by atoms with van der Waals surface area (Å²) in [5.74, 6) is -1.50. The number of nitrogens with zero attached hydrogens (tertiary/aromatic N) is 3. The number of nitrogens with two attached hydrogens (primary N) is 1. The Morgan fingerprint density at radius 1 is 1.05 bits per heavy atom. The molecular weight excluding hydrogens is 530 g/mol. The summed E-state index contributed by atoms with van der Waals surface area (Å²) in [6.07, 6.45) is 1.25. The van der Waals surface area contributed by atoms with Gasteiger partial charge < -0.3 is 40.0 Å². The van der Waals surface area contributed by atoms with Crippen LogP contribution in [0.3, 0.4) is 0 Å². The minimum Gasteiger partial charge on any atom is -0.379 e. The predicted molar refractivity (Wildman–Crippen MR) is 155 cm³/mol. The van der Waals surface area contributed by atoms with Gasteiger partial charge in [0.1, 0.15) is 6.04 Å². The van der Waals surface area contributed by atoms with E-state index < -0.39 is 36.1 Å². The fraction of sp³-hybridized carbons (Fsp3) is 0.862. The highest BCUT2D eigenvalue weighted by Crippen LogP contribution is 2.29. The van der Waals surface area contributed by atoms with Crippen LogP contribution in [-0.2, 0) is 28.6 Å². The van der Waals surface area contributed by atoms with Gasteiger partial charge in [-0.25, -0.2) is 4.79 Å². The third kappa shape index (κ3) is 8.78. The first-order chi connectivity index (χ1) is 19.4. The molecule has 0 unspecified atom stereocenters. The number of carbonyl (C=O) groups excluding carboxylic acids is 4. The summed E-state index contributed by atoms with van der Waals surface area (Å²) in [4.78, 5) is 57.5. The molecule has 0 saturated carbocycles. The zero-order valence-electron chi connectivity index (χ0n) is 26.3. The Morgan fingerprint density at radius 3 is 2.20 bits per heavy atom. The highest BCUT2D eigenvalue weighted by Gasteiger charge is 2.42. The number of rotatable bonds is 14. The molecule has 7 atom stereocenters. The summed E-state index contributed by atoms with van der Waals surface area (Å²) in [6.45, 7) is 12.0. The van der Waals surface area contributed by atoms with Crippen molar-refractivity contribution < 1.29 is 33.4 Å². The molecule has 0 aromatic carbocycles. The van der Waals surface area contributed by atoms with E-state index in [-0.39, 0.29) is 42.1 Å². The van der Waals surface area contributed by atoms with Crippen molar-refractivity contribution in [3.05, 3.63) is 0 Å². The van der Waals surface area contributed by atoms with Gasteiger partial charge in [0, 0.05) is 40.9 Å². The molecule has 12 heteroatoms. The summed E-state index contributed by atoms with van der Waals surface area (Å²) >= 11 is 0. The molecule has 2 aliphatic heterocycles. The second-order valence-corrected chi connectivity index (χ2v) is 11.8. The van der Waals surface area contributed by atoms with E-state index in [1.54, 1.807) is 35.8 Å². The molecule has 0 aromatic heterocycles. The van der Waals surface area contributed by atoms with Crippen LogP contribution in [0.1, 0.15) is 60.3 Å². The minimum atomic E-state index is -0.740. The van der Waals surface area contributed by atoms with Crippen LogP contribution in [0.4, 0.5) is 4.79 Å². The Bertz CT molecular complexity index is 882. The number of likely N-dealkylation sites (N-methyl/N-ethyl adjacent to an activating group) is 1. The van der Waals surface area contributed by atoms with Crippen molar-refractivity contribution >= 4 is 23.8 Å². The van der Waals surface area contributed by atoms with Crippen molar-refractivity contribution in [1.82, 2.24) is 20.0 Å². The van der Waals surface area contributed by atoms with Crippen molar-refractivity contribution in [1.29, 1.82) is 0 Å². The number of nitrogens with one attached hydrogen (secondary N) is 1. The molecule has 0 aromatic rings. The molecule has 5 amide bonds. The van der Waals surface area contributed by atoms with Crippen molar-refractivity contribution in [2.75, 3.05) is 54.1 Å². The molecule has 0 aliphatic carbocycles. The van der Waals surface area contributed by atoms with Crippen LogP contribution < -0.4 is 11.1 Å². The number of primary amides is 1. The van der Waals surface area contributed by atoms with Gasteiger partial charge in [-0.1, -0.05) is 41.0 Å². The lowest BCUT2D eigenvalue weighted by molar-refractivity contribution is -0.146. The lowest BCUT2D eigenvalue weighted by Gasteiger charge is -2.41. The Hall–Kier alpha value is -2.44. The van der Waals surface area contributed by atoms with Gasteiger partial charge in [-0.15, -0.1) is 0 Å². The molecular formula is C29H53N5O7. The van der Waals surface area contributed by atoms with Gasteiger partial charge in [0.05, 0.1) is 49.8 Å². The van der Waals surface area contributed by atoms with Gasteiger partial charge in [0.15, 0.2) is 0 Å². The topological polar surface area (TPSA) is 144 Å². The van der Waals surface area contributed by atoms with Crippen LogP contribution in [0, 0.1) is 17.8 Å². The Kier molecular flexibility index (Phi) is 13.8. The molecule has 2 saturated heterocycles. The summed E-state index contributed by atoms with van der Waals surface area (Å²) in [5.41, 5.74) is 5.56. The number of amides is 5. The largest absolute Gasteiger partial charge is 0.379 e. The summed E-state index contributed by atoms with van der Waals surface area (Å²) in [5, 5.41) is 2.94. The number of hydrogen-bond acceptors (Lipinski definition) is 7. The van der Waals surface area contributed by atoms with E-state index in [0.29, 0.717) is 39.3 Å². The van der Waals surface area contributed by atoms with Crippen LogP contribution in [0.15, 0.2) is 0 Å². The van der Waals surface area contributed by atoms with Crippen LogP contribution in [-0.4, -0.2) is 123 Å². The summed E-state index contributed by atoms with van der Waals surface area (Å²) < 4.78 is 16.9. The monoisotopic (exact) mass is 583 g/mol. The highest BCUT2D eigenvalue weighted by molar-refractivity contribution is 5.87. The average molecular weight is 584 g/mol. The average Bonchev–Trinajstić information content (AvgIpc) is 3.44. The van der Waals surface area contributed by atoms with E-state index in [2.05, 4.69) is 5.32 Å². The van der Waals surface area contributed by atoms with Gasteiger partial charge in [-0.2, -0.15) is 0 Å². The van der Waals surface area contributed by atoms with Crippen molar-refractivity contribution in [2.24, 2.45) is 23.5 Å². The first kappa shape index (κ1) is 34.8. The first-order valence-electron chi connectivity index (χ1n) is 14.9. The predicted octanol–water partition coefficient (Wildman–Crippen LogP) is 1.46. The number of urea groups is 1. The van der Waals surface area contributed by atoms with Crippen LogP contribution in [0.5, 0.6) is 0 Å². The fourth-order valence-electron chi connectivity index (χ4n) is 6.04. The van der Waals surface area contributed by atoms with E-state index in [9.17, 15) is 19.2 Å². The van der Waals surface area contributed by atoms with E-state index in [4.69, 9.17) is 19.9 Å². The van der Waals surface area contributed by atoms with Gasteiger partial charge in [0.25, 0.3) is 0 Å². The molecule has 2 heterocycles. The second kappa shape index (κ2) is 16.3. The Morgan fingerprint density at radius 2 is 1.68 bits per heavy atom. The SMILES string of the molecule is CC[C@H](C)[C@@H]([C@@H](CC(=O)N1CCC[C@H]1[C@H](OC)[C@@H](C)C(N)=O)OC)N(C)C(=O)[C@@H](NC(=O)N1CCOCC1)C(C)C. The van der Waals surface area contributed by atoms with Gasteiger partial charge in [0.2, 0.25) is 17.7 Å². The summed E-state index contributed by atoms with van der Waals surface area (Å²) in [7, 11) is 4.81. The number of likely N-dealkylation sites (tertiary alicyclic amines) is 1. The molecule has 236 valence electrons. The van der Waals surface area contributed by atoms with Crippen LogP contribution >= 0.6 is 0 Å². The van der Waals surface area contributed by atoms with E-state index in [1.165, 1.54) is 7.11 Å². The van der Waals surface area contributed by atoms with E-state index in [0.717, 1.165) is 12.8 Å². The number of hydrogen-bond donors (Lipinski definition) is 2. The third-order valence-electron chi connectivity index (χ3n) is 8.80. The van der Waals surface area contributed by atoms with Gasteiger partial charge in [-0.05, 0) is 24.7 Å². The minimum absolute atomic E-state index is 0.0143. The second-order valence-electron chi connectivity index (χ2n) is 11.8. The number of methoxy groups -OCH3 is 2. The maximum atomic E-state index is 13.9. The van der Waals surface area contributed by atoms with Crippen molar-refractivity contribution in [3.63, 3.8) is 0 Å². The zero-order valence-corrected chi connectivity index (χ0v) is 26.3. The van der Waals surface area contributed by atoms with E-state index in [1.807, 2.05) is 27.7 Å². The molecule has 0 bridgehead atoms. The molecule has 2 rings (SSSR count). The van der Waals surface area contributed by atoms with Gasteiger partial charge in [-0.3, -0.25) is 14.4 Å². The Balaban J connectivity index is 2.23. The number of morpholine rings is 1. The highest BCUT2D eigenvalue weighted by atomic mass is 16.5. The molecule has 41 heavy (non-hydrogen) atoms. The smallest absolute Gasteiger partial charge is 0.318 e. The maximum Gasteiger partial charge on any atom is 0.318 e. The maximum absolute atomic E-state index is 13.9. The molecule has 12 nitrogen and oxygen atoms in total. The molecule has 2 fully saturated rings. The van der Waals surface area contributed by atoms with Crippen LogP contribution in [0.2, 0.25) is 0 Å². The summed E-state index contributed by atoms with van der Waals surface area (Å²) in [6, 6.07) is -1.71. The normalized spacial score (nSPS) is 22.0. The quantitative estimate of drug-likeness (QED) is 0.315. The molecule has 2 aliphatic rings. The molecule has 0 radical (unpaired) electrons. The van der Waals surface area contributed by atoms with Crippen molar-refractivity contribution in [2.45, 2.75) is 90.6 Å². The lowest BCUT2D eigenvalue weighted by Crippen LogP contribution is -2.59. The Labute approximate surface area is 245 Å². The molecule has 0 spiro atoms. The lowest BCUT2D eigenvalue weighted by atomic mass is 9.89. The standard InChI is InChI=1S/C29H53N5O7/c1-9-19(4)25(32(6)28(37)24(18(2)3)31-29(38)33-13-15-41-16-14-33)22(39-7)17-23(35)34-12-10-11-21(34)26(40-8)20(5)27(30)36/h18-22,24-26H,9-17H2,1-8H3,(H2,30,36)(H,31,38)/t19-,20+,21-,22+,24-,25-,26+/m0/s1. The number of ether oxygens (including phenoxy) is 3. The zero-order chi connectivity index (χ0) is 30.9. The third-order valence-corrected chi connectivity index (χ3v) is 8.80. The first-order valence-corrected chi connectivity index (χ1v) is 14.9. The van der Waals surface area contributed by atoms with E-state index >= 15 is 0 Å². The van der Waals surface area contributed by atoms with Crippen LogP contribution in [0.25, 0.3) is 0 Å².